The molecule has 4 aromatic rings. The standard InChI is InChI=1S/C27H28N4O3S/c1-30-9-7-16(11-17(30)15-34-2)13-31-14-20(18-5-3-4-6-22(18)31)24-23(26(32)29-27(24)33)19-12-28-21-8-10-35-25(19)21/h3-6,8,10,12,14,16-17,28H,7,9,11,13,15H2,1-2H3,(H,29,32,33). The fourth-order valence-electron chi connectivity index (χ4n) is 5.68. The van der Waals surface area contributed by atoms with E-state index in [2.05, 4.69) is 39.1 Å². The second kappa shape index (κ2) is 8.78. The fraction of sp³-hybridized carbons (Fsp3) is 0.333. The van der Waals surface area contributed by atoms with E-state index in [1.54, 1.807) is 18.4 Å². The number of carbonyl (C=O) groups excluding carboxylic acids is 2. The number of likely N-dealkylation sites (N-methyl/N-ethyl adjacent to an activating group) is 1. The van der Waals surface area contributed by atoms with Crippen molar-refractivity contribution in [1.82, 2.24) is 19.8 Å². The molecule has 180 valence electrons. The highest BCUT2D eigenvalue weighted by Crippen LogP contribution is 2.40. The molecule has 0 bridgehead atoms. The van der Waals surface area contributed by atoms with Gasteiger partial charge in [-0.15, -0.1) is 11.3 Å². The molecule has 6 rings (SSSR count). The van der Waals surface area contributed by atoms with Crippen molar-refractivity contribution in [3.63, 3.8) is 0 Å². The van der Waals surface area contributed by atoms with Gasteiger partial charge in [-0.25, -0.2) is 0 Å². The first-order valence-corrected chi connectivity index (χ1v) is 12.9. The van der Waals surface area contributed by atoms with Crippen molar-refractivity contribution >= 4 is 55.4 Å². The van der Waals surface area contributed by atoms with E-state index in [0.29, 0.717) is 23.1 Å². The van der Waals surface area contributed by atoms with Gasteiger partial charge in [0.25, 0.3) is 11.8 Å². The molecule has 2 aliphatic heterocycles. The van der Waals surface area contributed by atoms with Crippen LogP contribution >= 0.6 is 11.3 Å². The van der Waals surface area contributed by atoms with Gasteiger partial charge < -0.3 is 19.2 Å². The number of aromatic nitrogens is 2. The lowest BCUT2D eigenvalue weighted by atomic mass is 9.91. The summed E-state index contributed by atoms with van der Waals surface area (Å²) in [6.07, 6.45) is 6.09. The lowest BCUT2D eigenvalue weighted by molar-refractivity contribution is -0.122. The van der Waals surface area contributed by atoms with E-state index in [9.17, 15) is 9.59 Å². The molecule has 2 aliphatic rings. The maximum atomic E-state index is 13.1. The molecule has 2 amide bonds. The third-order valence-corrected chi connectivity index (χ3v) is 8.42. The molecule has 8 heteroatoms. The van der Waals surface area contributed by atoms with E-state index in [1.807, 2.05) is 35.8 Å². The zero-order valence-electron chi connectivity index (χ0n) is 19.8. The first-order valence-electron chi connectivity index (χ1n) is 12.0. The molecule has 7 nitrogen and oxygen atoms in total. The van der Waals surface area contributed by atoms with E-state index in [4.69, 9.17) is 4.74 Å². The number of nitrogens with zero attached hydrogens (tertiary/aromatic N) is 2. The van der Waals surface area contributed by atoms with Crippen molar-refractivity contribution in [2.75, 3.05) is 27.3 Å². The van der Waals surface area contributed by atoms with E-state index in [-0.39, 0.29) is 11.8 Å². The summed E-state index contributed by atoms with van der Waals surface area (Å²) in [6, 6.07) is 10.6. The normalized spacial score (nSPS) is 21.5. The van der Waals surface area contributed by atoms with Crippen molar-refractivity contribution < 1.29 is 14.3 Å². The second-order valence-corrected chi connectivity index (χ2v) is 10.5. The van der Waals surface area contributed by atoms with Gasteiger partial charge in [0.15, 0.2) is 0 Å². The lowest BCUT2D eigenvalue weighted by Crippen LogP contribution is -2.43. The summed E-state index contributed by atoms with van der Waals surface area (Å²) >= 11 is 1.57. The number of hydrogen-bond donors (Lipinski definition) is 2. The molecule has 1 aromatic carbocycles. The number of benzene rings is 1. The fourth-order valence-corrected chi connectivity index (χ4v) is 6.56. The van der Waals surface area contributed by atoms with Crippen LogP contribution in [0.2, 0.25) is 0 Å². The first kappa shape index (κ1) is 22.3. The monoisotopic (exact) mass is 488 g/mol. The number of ether oxygens (including phenoxy) is 1. The van der Waals surface area contributed by atoms with Crippen LogP contribution in [0.1, 0.15) is 24.0 Å². The number of H-pyrrole nitrogens is 1. The molecular weight excluding hydrogens is 460 g/mol. The van der Waals surface area contributed by atoms with Gasteiger partial charge in [-0.1, -0.05) is 18.2 Å². The third-order valence-electron chi connectivity index (χ3n) is 7.47. The van der Waals surface area contributed by atoms with Gasteiger partial charge in [0.2, 0.25) is 0 Å². The Morgan fingerprint density at radius 1 is 1.11 bits per heavy atom. The van der Waals surface area contributed by atoms with Crippen molar-refractivity contribution in [2.45, 2.75) is 25.4 Å². The van der Waals surface area contributed by atoms with E-state index in [1.165, 1.54) is 0 Å². The molecule has 0 radical (unpaired) electrons. The molecule has 5 heterocycles. The number of likely N-dealkylation sites (tertiary alicyclic amines) is 1. The number of nitrogens with one attached hydrogen (secondary N) is 2. The number of para-hydroxylation sites is 1. The van der Waals surface area contributed by atoms with Gasteiger partial charge in [-0.2, -0.15) is 0 Å². The van der Waals surface area contributed by atoms with Crippen LogP contribution in [-0.4, -0.2) is 59.6 Å². The Morgan fingerprint density at radius 2 is 1.91 bits per heavy atom. The summed E-state index contributed by atoms with van der Waals surface area (Å²) in [5, 5.41) is 5.53. The summed E-state index contributed by atoms with van der Waals surface area (Å²) in [4.78, 5) is 31.7. The van der Waals surface area contributed by atoms with Crippen molar-refractivity contribution in [1.29, 1.82) is 0 Å². The van der Waals surface area contributed by atoms with Crippen LogP contribution in [-0.2, 0) is 20.9 Å². The smallest absolute Gasteiger partial charge is 0.259 e. The minimum Gasteiger partial charge on any atom is -0.383 e. The van der Waals surface area contributed by atoms with Gasteiger partial charge in [0.1, 0.15) is 0 Å². The Balaban J connectivity index is 1.44. The number of methoxy groups -OCH3 is 1. The lowest BCUT2D eigenvalue weighted by Gasteiger charge is -2.37. The topological polar surface area (TPSA) is 79.4 Å². The minimum atomic E-state index is -0.339. The average molecular weight is 489 g/mol. The molecule has 2 unspecified atom stereocenters. The molecule has 0 aliphatic carbocycles. The number of amides is 2. The highest BCUT2D eigenvalue weighted by molar-refractivity contribution is 7.17. The van der Waals surface area contributed by atoms with Crippen LogP contribution in [0.3, 0.4) is 0 Å². The molecule has 0 spiro atoms. The van der Waals surface area contributed by atoms with Crippen molar-refractivity contribution in [3.05, 3.63) is 59.2 Å². The maximum absolute atomic E-state index is 13.1. The molecule has 0 saturated carbocycles. The number of thiophene rings is 1. The largest absolute Gasteiger partial charge is 0.383 e. The number of rotatable bonds is 6. The number of hydrogen-bond acceptors (Lipinski definition) is 5. The predicted octanol–water partition coefficient (Wildman–Crippen LogP) is 4.11. The summed E-state index contributed by atoms with van der Waals surface area (Å²) in [6.45, 7) is 2.64. The van der Waals surface area contributed by atoms with Gasteiger partial charge in [0, 0.05) is 54.1 Å². The number of fused-ring (bicyclic) bond motifs is 2. The minimum absolute atomic E-state index is 0.335. The third kappa shape index (κ3) is 3.73. The van der Waals surface area contributed by atoms with Crippen LogP contribution in [0.25, 0.3) is 32.3 Å². The Morgan fingerprint density at radius 3 is 2.74 bits per heavy atom. The molecular formula is C27H28N4O3S. The summed E-state index contributed by atoms with van der Waals surface area (Å²) < 4.78 is 8.71. The Labute approximate surface area is 207 Å². The molecule has 1 saturated heterocycles. The van der Waals surface area contributed by atoms with Crippen LogP contribution in [0.15, 0.2) is 48.1 Å². The summed E-state index contributed by atoms with van der Waals surface area (Å²) in [5.74, 6) is -0.162. The van der Waals surface area contributed by atoms with Crippen LogP contribution < -0.4 is 5.32 Å². The molecule has 1 fully saturated rings. The van der Waals surface area contributed by atoms with Crippen LogP contribution in [0.5, 0.6) is 0 Å². The van der Waals surface area contributed by atoms with Gasteiger partial charge in [0.05, 0.1) is 28.0 Å². The molecule has 2 atom stereocenters. The zero-order valence-corrected chi connectivity index (χ0v) is 20.7. The molecule has 2 N–H and O–H groups in total. The number of imide groups is 1. The van der Waals surface area contributed by atoms with Gasteiger partial charge in [-0.05, 0) is 49.9 Å². The number of carbonyl (C=O) groups is 2. The van der Waals surface area contributed by atoms with E-state index in [0.717, 1.165) is 64.8 Å². The Hall–Kier alpha value is -3.20. The quantitative estimate of drug-likeness (QED) is 0.401. The van der Waals surface area contributed by atoms with Gasteiger partial charge >= 0.3 is 0 Å². The second-order valence-electron chi connectivity index (χ2n) is 9.59. The first-order chi connectivity index (χ1) is 17.0. The molecule has 35 heavy (non-hydrogen) atoms. The maximum Gasteiger partial charge on any atom is 0.259 e. The Bertz CT molecular complexity index is 1480. The van der Waals surface area contributed by atoms with Crippen molar-refractivity contribution in [2.24, 2.45) is 5.92 Å². The highest BCUT2D eigenvalue weighted by Gasteiger charge is 2.35. The van der Waals surface area contributed by atoms with Crippen LogP contribution in [0.4, 0.5) is 0 Å². The summed E-state index contributed by atoms with van der Waals surface area (Å²) in [7, 11) is 3.93. The van der Waals surface area contributed by atoms with E-state index < -0.39 is 0 Å². The van der Waals surface area contributed by atoms with E-state index >= 15 is 0 Å². The van der Waals surface area contributed by atoms with Crippen molar-refractivity contribution in [3.8, 4) is 0 Å². The highest BCUT2D eigenvalue weighted by atomic mass is 32.1. The summed E-state index contributed by atoms with van der Waals surface area (Å²) in [5.41, 5.74) is 4.55. The predicted molar refractivity (Wildman–Crippen MR) is 139 cm³/mol. The SMILES string of the molecule is COCC1CC(Cn2cc(C3=C(c4c[nH]c5ccsc45)C(=O)NC3=O)c3ccccc32)CCN1C. The molecule has 3 aromatic heterocycles. The number of aromatic amines is 1. The Kier molecular flexibility index (Phi) is 5.59. The van der Waals surface area contributed by atoms with Crippen LogP contribution in [0, 0.1) is 5.92 Å². The zero-order chi connectivity index (χ0) is 24.1. The average Bonchev–Trinajstić information content (AvgIpc) is 3.60. The van der Waals surface area contributed by atoms with Gasteiger partial charge in [-0.3, -0.25) is 14.9 Å². The number of piperidine rings is 1.